The highest BCUT2D eigenvalue weighted by molar-refractivity contribution is 7.07. The quantitative estimate of drug-likeness (QED) is 0.922. The number of rotatable bonds is 5. The van der Waals surface area contributed by atoms with E-state index < -0.39 is 0 Å². The number of aryl methyl sites for hydroxylation is 1. The van der Waals surface area contributed by atoms with Crippen LogP contribution >= 0.6 is 22.9 Å². The molecular weight excluding hydrogens is 282 g/mol. The highest BCUT2D eigenvalue weighted by Crippen LogP contribution is 2.18. The summed E-state index contributed by atoms with van der Waals surface area (Å²) in [7, 11) is 0. The molecule has 0 unspecified atom stereocenters. The van der Waals surface area contributed by atoms with Crippen LogP contribution in [0.3, 0.4) is 0 Å². The molecule has 0 bridgehead atoms. The number of halogens is 1. The zero-order valence-electron chi connectivity index (χ0n) is 10.9. The van der Waals surface area contributed by atoms with Crippen molar-refractivity contribution < 1.29 is 0 Å². The van der Waals surface area contributed by atoms with Gasteiger partial charge in [0, 0.05) is 17.6 Å². The Morgan fingerprint density at radius 2 is 2.26 bits per heavy atom. The molecule has 2 aromatic rings. The SMILES string of the molecule is CCCNc1ccc(Cl)c(Cn2c(C)csc2=O)n1. The molecule has 1 N–H and O–H groups in total. The normalized spacial score (nSPS) is 10.7. The molecule has 2 rings (SSSR count). The molecule has 0 fully saturated rings. The van der Waals surface area contributed by atoms with Crippen molar-refractivity contribution in [2.75, 3.05) is 11.9 Å². The zero-order valence-corrected chi connectivity index (χ0v) is 12.5. The van der Waals surface area contributed by atoms with Gasteiger partial charge < -0.3 is 5.32 Å². The summed E-state index contributed by atoms with van der Waals surface area (Å²) in [5.41, 5.74) is 1.64. The molecule has 0 atom stereocenters. The first-order valence-corrected chi connectivity index (χ1v) is 7.41. The van der Waals surface area contributed by atoms with E-state index in [0.717, 1.165) is 24.5 Å². The molecule has 4 nitrogen and oxygen atoms in total. The first-order chi connectivity index (χ1) is 9.11. The topological polar surface area (TPSA) is 46.9 Å². The summed E-state index contributed by atoms with van der Waals surface area (Å²) in [6, 6.07) is 3.67. The van der Waals surface area contributed by atoms with Crippen molar-refractivity contribution in [2.45, 2.75) is 26.8 Å². The minimum absolute atomic E-state index is 0.0160. The Morgan fingerprint density at radius 1 is 1.47 bits per heavy atom. The van der Waals surface area contributed by atoms with E-state index in [-0.39, 0.29) is 4.87 Å². The molecule has 19 heavy (non-hydrogen) atoms. The van der Waals surface area contributed by atoms with Gasteiger partial charge in [0.05, 0.1) is 17.3 Å². The van der Waals surface area contributed by atoms with Gasteiger partial charge in [-0.25, -0.2) is 4.98 Å². The molecule has 2 aromatic heterocycles. The van der Waals surface area contributed by atoms with Crippen LogP contribution in [0.25, 0.3) is 0 Å². The smallest absolute Gasteiger partial charge is 0.307 e. The van der Waals surface area contributed by atoms with E-state index in [0.29, 0.717) is 17.3 Å². The lowest BCUT2D eigenvalue weighted by atomic mass is 10.3. The lowest BCUT2D eigenvalue weighted by Crippen LogP contribution is -2.16. The van der Waals surface area contributed by atoms with Gasteiger partial charge >= 0.3 is 4.87 Å². The minimum Gasteiger partial charge on any atom is -0.370 e. The average Bonchev–Trinajstić information content (AvgIpc) is 2.71. The third-order valence-electron chi connectivity index (χ3n) is 2.76. The molecule has 0 aliphatic carbocycles. The third-order valence-corrected chi connectivity index (χ3v) is 3.98. The summed E-state index contributed by atoms with van der Waals surface area (Å²) >= 11 is 7.34. The van der Waals surface area contributed by atoms with E-state index >= 15 is 0 Å². The van der Waals surface area contributed by atoms with E-state index in [1.54, 1.807) is 4.57 Å². The van der Waals surface area contributed by atoms with Crippen LogP contribution in [-0.4, -0.2) is 16.1 Å². The molecule has 2 heterocycles. The zero-order chi connectivity index (χ0) is 13.8. The minimum atomic E-state index is 0.0160. The highest BCUT2D eigenvalue weighted by Gasteiger charge is 2.09. The predicted octanol–water partition coefficient (Wildman–Crippen LogP) is 3.14. The number of hydrogen-bond acceptors (Lipinski definition) is 4. The van der Waals surface area contributed by atoms with Gasteiger partial charge in [-0.05, 0) is 25.5 Å². The second kappa shape index (κ2) is 6.21. The Hall–Kier alpha value is -1.33. The fraction of sp³-hybridized carbons (Fsp3) is 0.385. The van der Waals surface area contributed by atoms with E-state index in [4.69, 9.17) is 11.6 Å². The Bertz CT molecular complexity index is 621. The van der Waals surface area contributed by atoms with Crippen LogP contribution in [0.2, 0.25) is 5.02 Å². The number of nitrogens with one attached hydrogen (secondary N) is 1. The summed E-state index contributed by atoms with van der Waals surface area (Å²) in [5, 5.41) is 5.64. The van der Waals surface area contributed by atoms with Gasteiger partial charge in [-0.15, -0.1) is 0 Å². The van der Waals surface area contributed by atoms with Crippen molar-refractivity contribution in [3.8, 4) is 0 Å². The van der Waals surface area contributed by atoms with Crippen molar-refractivity contribution in [3.05, 3.63) is 43.6 Å². The number of anilines is 1. The van der Waals surface area contributed by atoms with Crippen molar-refractivity contribution >= 4 is 28.8 Å². The lowest BCUT2D eigenvalue weighted by Gasteiger charge is -2.09. The first kappa shape index (κ1) is 14.1. The maximum absolute atomic E-state index is 11.7. The van der Waals surface area contributed by atoms with Crippen LogP contribution in [0.1, 0.15) is 24.7 Å². The van der Waals surface area contributed by atoms with Gasteiger partial charge in [-0.2, -0.15) is 0 Å². The van der Waals surface area contributed by atoms with E-state index in [9.17, 15) is 4.79 Å². The van der Waals surface area contributed by atoms with Crippen LogP contribution in [0, 0.1) is 6.92 Å². The van der Waals surface area contributed by atoms with Gasteiger partial charge in [-0.3, -0.25) is 9.36 Å². The number of nitrogens with zero attached hydrogens (tertiary/aromatic N) is 2. The Kier molecular flexibility index (Phi) is 4.61. The predicted molar refractivity (Wildman–Crippen MR) is 80.4 cm³/mol. The van der Waals surface area contributed by atoms with Crippen LogP contribution in [0.5, 0.6) is 0 Å². The Balaban J connectivity index is 2.26. The molecule has 0 aliphatic rings. The molecule has 0 amide bonds. The molecule has 0 spiro atoms. The first-order valence-electron chi connectivity index (χ1n) is 6.16. The fourth-order valence-electron chi connectivity index (χ4n) is 1.69. The second-order valence-corrected chi connectivity index (χ2v) is 5.51. The van der Waals surface area contributed by atoms with E-state index in [1.165, 1.54) is 11.3 Å². The maximum Gasteiger partial charge on any atom is 0.307 e. The standard InChI is InChI=1S/C13H16ClN3OS/c1-3-6-15-12-5-4-10(14)11(16-12)7-17-9(2)8-19-13(17)18/h4-5,8H,3,6-7H2,1-2H3,(H,15,16). The molecule has 102 valence electrons. The number of thiazole rings is 1. The Morgan fingerprint density at radius 3 is 2.89 bits per heavy atom. The molecule has 6 heteroatoms. The summed E-state index contributed by atoms with van der Waals surface area (Å²) in [6.07, 6.45) is 1.03. The van der Waals surface area contributed by atoms with E-state index in [2.05, 4.69) is 17.2 Å². The van der Waals surface area contributed by atoms with Gasteiger partial charge in [0.1, 0.15) is 5.82 Å². The number of pyridine rings is 1. The summed E-state index contributed by atoms with van der Waals surface area (Å²) < 4.78 is 1.68. The van der Waals surface area contributed by atoms with Crippen molar-refractivity contribution in [2.24, 2.45) is 0 Å². The van der Waals surface area contributed by atoms with Crippen LogP contribution in [0.15, 0.2) is 22.3 Å². The number of hydrogen-bond donors (Lipinski definition) is 1. The Labute approximate surface area is 121 Å². The molecule has 0 saturated heterocycles. The highest BCUT2D eigenvalue weighted by atomic mass is 35.5. The van der Waals surface area contributed by atoms with Gasteiger partial charge in [0.25, 0.3) is 0 Å². The maximum atomic E-state index is 11.7. The third kappa shape index (κ3) is 3.36. The molecule has 0 aromatic carbocycles. The largest absolute Gasteiger partial charge is 0.370 e. The van der Waals surface area contributed by atoms with Crippen LogP contribution in [0.4, 0.5) is 5.82 Å². The molecule has 0 radical (unpaired) electrons. The molecular formula is C13H16ClN3OS. The van der Waals surface area contributed by atoms with Crippen LogP contribution in [-0.2, 0) is 6.54 Å². The number of aromatic nitrogens is 2. The fourth-order valence-corrected chi connectivity index (χ4v) is 2.59. The second-order valence-electron chi connectivity index (χ2n) is 4.28. The summed E-state index contributed by atoms with van der Waals surface area (Å²) in [5.74, 6) is 0.794. The monoisotopic (exact) mass is 297 g/mol. The van der Waals surface area contributed by atoms with Crippen molar-refractivity contribution in [1.29, 1.82) is 0 Å². The van der Waals surface area contributed by atoms with Gasteiger partial charge in [0.15, 0.2) is 0 Å². The summed E-state index contributed by atoms with van der Waals surface area (Å²) in [4.78, 5) is 16.2. The van der Waals surface area contributed by atoms with Crippen molar-refractivity contribution in [3.63, 3.8) is 0 Å². The van der Waals surface area contributed by atoms with Gasteiger partial charge in [0.2, 0.25) is 0 Å². The van der Waals surface area contributed by atoms with E-state index in [1.807, 2.05) is 24.4 Å². The molecule has 0 aliphatic heterocycles. The average molecular weight is 298 g/mol. The lowest BCUT2D eigenvalue weighted by molar-refractivity contribution is 0.736. The summed E-state index contributed by atoms with van der Waals surface area (Å²) in [6.45, 7) is 5.28. The van der Waals surface area contributed by atoms with Crippen molar-refractivity contribution in [1.82, 2.24) is 9.55 Å². The van der Waals surface area contributed by atoms with Crippen LogP contribution < -0.4 is 10.2 Å². The molecule has 0 saturated carbocycles. The van der Waals surface area contributed by atoms with Gasteiger partial charge in [-0.1, -0.05) is 29.9 Å².